The number of nitrogens with one attached hydrogen (secondary N) is 1. The highest BCUT2D eigenvalue weighted by Crippen LogP contribution is 2.39. The van der Waals surface area contributed by atoms with Gasteiger partial charge in [-0.1, -0.05) is 36.4 Å². The number of halogens is 1. The Hall–Kier alpha value is -3.87. The molecule has 1 aromatic heterocycles. The molecule has 0 fully saturated rings. The van der Waals surface area contributed by atoms with Gasteiger partial charge < -0.3 is 19.4 Å². The molecule has 2 atom stereocenters. The van der Waals surface area contributed by atoms with Crippen molar-refractivity contribution in [2.75, 3.05) is 7.11 Å². The molecule has 170 valence electrons. The first-order valence-corrected chi connectivity index (χ1v) is 10.6. The third-order valence-corrected chi connectivity index (χ3v) is 5.84. The second-order valence-electron chi connectivity index (χ2n) is 8.02. The maximum atomic E-state index is 14.1. The number of fused-ring (bicyclic) bond motifs is 1. The predicted octanol–water partition coefficient (Wildman–Crippen LogP) is 4.95. The molecule has 0 aliphatic carbocycles. The number of carbonyl (C=O) groups excluding carboxylic acids is 2. The highest BCUT2D eigenvalue weighted by molar-refractivity contribution is 5.99. The van der Waals surface area contributed by atoms with E-state index in [9.17, 15) is 14.0 Å². The Balaban J connectivity index is 1.72. The van der Waals surface area contributed by atoms with Crippen LogP contribution in [0, 0.1) is 5.82 Å². The SMILES string of the molecule is COC(=O)C1=C(C)NC(C)=C(C(=O)OC(C)n2cc3ccccc3c2)C1c1cccc(F)c1. The van der Waals surface area contributed by atoms with E-state index in [1.54, 1.807) is 32.9 Å². The van der Waals surface area contributed by atoms with Crippen molar-refractivity contribution in [1.82, 2.24) is 9.88 Å². The lowest BCUT2D eigenvalue weighted by molar-refractivity contribution is -0.148. The fourth-order valence-corrected chi connectivity index (χ4v) is 4.26. The molecule has 7 heteroatoms. The van der Waals surface area contributed by atoms with E-state index in [1.807, 2.05) is 41.2 Å². The summed E-state index contributed by atoms with van der Waals surface area (Å²) < 4.78 is 26.7. The van der Waals surface area contributed by atoms with E-state index < -0.39 is 29.9 Å². The lowest BCUT2D eigenvalue weighted by atomic mass is 9.80. The van der Waals surface area contributed by atoms with Gasteiger partial charge in [0.25, 0.3) is 0 Å². The summed E-state index contributed by atoms with van der Waals surface area (Å²) >= 11 is 0. The summed E-state index contributed by atoms with van der Waals surface area (Å²) in [7, 11) is 1.27. The second kappa shape index (κ2) is 8.94. The lowest BCUT2D eigenvalue weighted by Gasteiger charge is -2.31. The number of allylic oxidation sites excluding steroid dienone is 2. The Bertz CT molecular complexity index is 1270. The van der Waals surface area contributed by atoms with Crippen LogP contribution in [0.5, 0.6) is 0 Å². The van der Waals surface area contributed by atoms with Gasteiger partial charge in [0.05, 0.1) is 24.2 Å². The number of aromatic nitrogens is 1. The van der Waals surface area contributed by atoms with E-state index in [1.165, 1.54) is 19.2 Å². The summed E-state index contributed by atoms with van der Waals surface area (Å²) in [5.74, 6) is -2.51. The number of esters is 2. The van der Waals surface area contributed by atoms with Crippen LogP contribution in [0.4, 0.5) is 4.39 Å². The average molecular weight is 448 g/mol. The van der Waals surface area contributed by atoms with Gasteiger partial charge in [-0.15, -0.1) is 0 Å². The molecular weight excluding hydrogens is 423 g/mol. The molecule has 1 N–H and O–H groups in total. The number of dihydropyridines is 1. The van der Waals surface area contributed by atoms with Gasteiger partial charge in [0.2, 0.25) is 0 Å². The van der Waals surface area contributed by atoms with Crippen molar-refractivity contribution < 1.29 is 23.5 Å². The summed E-state index contributed by atoms with van der Waals surface area (Å²) in [5.41, 5.74) is 2.00. The molecule has 0 spiro atoms. The van der Waals surface area contributed by atoms with Crippen LogP contribution in [0.3, 0.4) is 0 Å². The minimum absolute atomic E-state index is 0.232. The molecule has 0 bridgehead atoms. The molecule has 3 aromatic rings. The highest BCUT2D eigenvalue weighted by atomic mass is 19.1. The van der Waals surface area contributed by atoms with Crippen LogP contribution in [0.15, 0.2) is 83.5 Å². The normalized spacial score (nSPS) is 17.1. The van der Waals surface area contributed by atoms with E-state index in [0.717, 1.165) is 10.8 Å². The second-order valence-corrected chi connectivity index (χ2v) is 8.02. The number of ether oxygens (including phenoxy) is 2. The zero-order valence-electron chi connectivity index (χ0n) is 18.9. The highest BCUT2D eigenvalue weighted by Gasteiger charge is 2.38. The quantitative estimate of drug-likeness (QED) is 0.560. The Kier molecular flexibility index (Phi) is 6.05. The molecule has 4 rings (SSSR count). The van der Waals surface area contributed by atoms with E-state index in [4.69, 9.17) is 9.47 Å². The van der Waals surface area contributed by atoms with Gasteiger partial charge in [0.15, 0.2) is 6.23 Å². The molecule has 1 aliphatic heterocycles. The monoisotopic (exact) mass is 448 g/mol. The lowest BCUT2D eigenvalue weighted by Crippen LogP contribution is -2.32. The molecule has 0 amide bonds. The van der Waals surface area contributed by atoms with Crippen molar-refractivity contribution in [1.29, 1.82) is 0 Å². The third-order valence-electron chi connectivity index (χ3n) is 5.84. The maximum absolute atomic E-state index is 14.1. The van der Waals surface area contributed by atoms with Crippen molar-refractivity contribution in [2.45, 2.75) is 32.9 Å². The van der Waals surface area contributed by atoms with Crippen LogP contribution in [-0.2, 0) is 19.1 Å². The standard InChI is InChI=1S/C26H25FN2O4/c1-15-22(25(30)32-4)24(18-10-7-11-21(27)12-18)23(16(2)28-15)26(31)33-17(3)29-13-19-8-5-6-9-20(19)14-29/h5-14,17,24,28H,1-4H3. The molecule has 2 heterocycles. The van der Waals surface area contributed by atoms with Crippen molar-refractivity contribution >= 4 is 22.7 Å². The molecule has 0 saturated heterocycles. The average Bonchev–Trinajstić information content (AvgIpc) is 3.22. The Morgan fingerprint density at radius 2 is 1.58 bits per heavy atom. The Labute approximate surface area is 191 Å². The Morgan fingerprint density at radius 3 is 2.15 bits per heavy atom. The molecule has 1 aliphatic rings. The van der Waals surface area contributed by atoms with Crippen LogP contribution < -0.4 is 5.32 Å². The largest absolute Gasteiger partial charge is 0.466 e. The number of methoxy groups -OCH3 is 1. The summed E-state index contributed by atoms with van der Waals surface area (Å²) in [6.45, 7) is 5.22. The number of carbonyl (C=O) groups is 2. The minimum atomic E-state index is -0.835. The number of rotatable bonds is 5. The summed E-state index contributed by atoms with van der Waals surface area (Å²) in [6.07, 6.45) is 3.20. The molecule has 6 nitrogen and oxygen atoms in total. The number of hydrogen-bond acceptors (Lipinski definition) is 5. The molecule has 0 radical (unpaired) electrons. The van der Waals surface area contributed by atoms with E-state index in [2.05, 4.69) is 5.32 Å². The van der Waals surface area contributed by atoms with Crippen LogP contribution in [0.25, 0.3) is 10.8 Å². The van der Waals surface area contributed by atoms with Gasteiger partial charge in [-0.05, 0) is 49.2 Å². The smallest absolute Gasteiger partial charge is 0.338 e. The van der Waals surface area contributed by atoms with E-state index >= 15 is 0 Å². The first-order valence-electron chi connectivity index (χ1n) is 10.6. The minimum Gasteiger partial charge on any atom is -0.466 e. The van der Waals surface area contributed by atoms with Gasteiger partial charge in [-0.3, -0.25) is 0 Å². The summed E-state index contributed by atoms with van der Waals surface area (Å²) in [4.78, 5) is 26.1. The molecule has 2 unspecified atom stereocenters. The Morgan fingerprint density at radius 1 is 0.970 bits per heavy atom. The van der Waals surface area contributed by atoms with Gasteiger partial charge in [-0.25, -0.2) is 14.0 Å². The van der Waals surface area contributed by atoms with Crippen LogP contribution in [0.2, 0.25) is 0 Å². The van der Waals surface area contributed by atoms with E-state index in [-0.39, 0.29) is 11.1 Å². The fraction of sp³-hybridized carbons (Fsp3) is 0.231. The van der Waals surface area contributed by atoms with Crippen molar-refractivity contribution in [3.05, 3.63) is 94.8 Å². The molecule has 2 aromatic carbocycles. The van der Waals surface area contributed by atoms with Gasteiger partial charge >= 0.3 is 11.9 Å². The molecule has 0 saturated carbocycles. The van der Waals surface area contributed by atoms with Crippen LogP contribution >= 0.6 is 0 Å². The van der Waals surface area contributed by atoms with Gasteiger partial charge in [-0.2, -0.15) is 0 Å². The maximum Gasteiger partial charge on any atom is 0.338 e. The number of benzene rings is 2. The van der Waals surface area contributed by atoms with Crippen LogP contribution in [-0.4, -0.2) is 23.6 Å². The fourth-order valence-electron chi connectivity index (χ4n) is 4.26. The molecular formula is C26H25FN2O4. The summed E-state index contributed by atoms with van der Waals surface area (Å²) in [5, 5.41) is 5.14. The van der Waals surface area contributed by atoms with Gasteiger partial charge in [0.1, 0.15) is 5.82 Å². The van der Waals surface area contributed by atoms with Crippen molar-refractivity contribution in [3.8, 4) is 0 Å². The van der Waals surface area contributed by atoms with Gasteiger partial charge in [0, 0.05) is 23.8 Å². The van der Waals surface area contributed by atoms with Crippen molar-refractivity contribution in [3.63, 3.8) is 0 Å². The first-order chi connectivity index (χ1) is 15.8. The number of nitrogens with zero attached hydrogens (tertiary/aromatic N) is 1. The third kappa shape index (κ3) is 4.26. The van der Waals surface area contributed by atoms with E-state index in [0.29, 0.717) is 17.0 Å². The topological polar surface area (TPSA) is 69.6 Å². The molecule has 33 heavy (non-hydrogen) atoms. The zero-order valence-corrected chi connectivity index (χ0v) is 18.9. The summed E-state index contributed by atoms with van der Waals surface area (Å²) in [6, 6.07) is 13.7. The predicted molar refractivity (Wildman–Crippen MR) is 122 cm³/mol. The van der Waals surface area contributed by atoms with Crippen molar-refractivity contribution in [2.24, 2.45) is 0 Å². The van der Waals surface area contributed by atoms with Crippen LogP contribution in [0.1, 0.15) is 38.5 Å². The first kappa shape index (κ1) is 22.3. The zero-order chi connectivity index (χ0) is 23.7. The number of hydrogen-bond donors (Lipinski definition) is 1.